The lowest BCUT2D eigenvalue weighted by Gasteiger charge is -2.26. The van der Waals surface area contributed by atoms with Gasteiger partial charge in [-0.3, -0.25) is 9.59 Å². The summed E-state index contributed by atoms with van der Waals surface area (Å²) in [5.74, 6) is -0.877. The first-order valence-corrected chi connectivity index (χ1v) is 12.1. The van der Waals surface area contributed by atoms with Crippen molar-refractivity contribution in [3.8, 4) is 0 Å². The van der Waals surface area contributed by atoms with E-state index in [1.807, 2.05) is 12.2 Å². The van der Waals surface area contributed by atoms with Gasteiger partial charge in [-0.1, -0.05) is 97.1 Å². The molecule has 2 atom stereocenters. The summed E-state index contributed by atoms with van der Waals surface area (Å²) in [5, 5.41) is 0. The van der Waals surface area contributed by atoms with Crippen LogP contribution < -0.4 is 0 Å². The molecule has 0 saturated heterocycles. The molecular formula is C25H44O4. The quantitative estimate of drug-likeness (QED) is 0.163. The van der Waals surface area contributed by atoms with Crippen LogP contribution in [-0.4, -0.2) is 25.2 Å². The number of ether oxygens (including phenoxy) is 2. The summed E-state index contributed by atoms with van der Waals surface area (Å²) in [5.41, 5.74) is 0. The minimum absolute atomic E-state index is 0.238. The molecule has 4 nitrogen and oxygen atoms in total. The highest BCUT2D eigenvalue weighted by molar-refractivity contribution is 5.82. The molecule has 0 aromatic heterocycles. The van der Waals surface area contributed by atoms with Crippen LogP contribution in [0.25, 0.3) is 0 Å². The maximum absolute atomic E-state index is 12.5. The minimum atomic E-state index is -0.398. The van der Waals surface area contributed by atoms with Crippen molar-refractivity contribution in [2.45, 2.75) is 104 Å². The summed E-state index contributed by atoms with van der Waals surface area (Å²) < 4.78 is 11.0. The van der Waals surface area contributed by atoms with Crippen molar-refractivity contribution < 1.29 is 19.1 Å². The van der Waals surface area contributed by atoms with E-state index in [-0.39, 0.29) is 11.9 Å². The third-order valence-electron chi connectivity index (χ3n) is 6.15. The van der Waals surface area contributed by atoms with Crippen LogP contribution in [0.1, 0.15) is 104 Å². The predicted octanol–water partition coefficient (Wildman–Crippen LogP) is 6.62. The Kier molecular flexibility index (Phi) is 14.6. The number of unbranched alkanes of at least 4 members (excludes halogenated alkanes) is 8. The average Bonchev–Trinajstić information content (AvgIpc) is 2.75. The van der Waals surface area contributed by atoms with Crippen LogP contribution in [-0.2, 0) is 19.1 Å². The first kappa shape index (κ1) is 25.7. The van der Waals surface area contributed by atoms with Crippen molar-refractivity contribution in [1.29, 1.82) is 0 Å². The largest absolute Gasteiger partial charge is 0.465 e. The van der Waals surface area contributed by atoms with Gasteiger partial charge in [0, 0.05) is 0 Å². The van der Waals surface area contributed by atoms with Crippen molar-refractivity contribution in [1.82, 2.24) is 0 Å². The van der Waals surface area contributed by atoms with Gasteiger partial charge in [-0.15, -0.1) is 0 Å². The lowest BCUT2D eigenvalue weighted by atomic mass is 9.83. The molecule has 0 aromatic rings. The van der Waals surface area contributed by atoms with Crippen LogP contribution in [0.3, 0.4) is 0 Å². The molecule has 29 heavy (non-hydrogen) atoms. The molecule has 0 aromatic carbocycles. The fourth-order valence-corrected chi connectivity index (χ4v) is 3.86. The lowest BCUT2D eigenvalue weighted by molar-refractivity contribution is -0.161. The number of hydrogen-bond acceptors (Lipinski definition) is 4. The van der Waals surface area contributed by atoms with Gasteiger partial charge in [0.25, 0.3) is 0 Å². The highest BCUT2D eigenvalue weighted by atomic mass is 16.5. The summed E-state index contributed by atoms with van der Waals surface area (Å²) in [4.78, 5) is 25.1. The first-order valence-electron chi connectivity index (χ1n) is 12.1. The van der Waals surface area contributed by atoms with Crippen LogP contribution >= 0.6 is 0 Å². The van der Waals surface area contributed by atoms with Gasteiger partial charge < -0.3 is 9.47 Å². The highest BCUT2D eigenvalue weighted by Gasteiger charge is 2.36. The van der Waals surface area contributed by atoms with Gasteiger partial charge in [0.15, 0.2) is 0 Å². The van der Waals surface area contributed by atoms with Crippen molar-refractivity contribution in [3.63, 3.8) is 0 Å². The molecule has 1 rings (SSSR count). The van der Waals surface area contributed by atoms with Gasteiger partial charge in [0.1, 0.15) is 0 Å². The number of carbonyl (C=O) groups is 2. The number of rotatable bonds is 16. The van der Waals surface area contributed by atoms with E-state index in [9.17, 15) is 9.59 Å². The molecule has 0 N–H and O–H groups in total. The van der Waals surface area contributed by atoms with Gasteiger partial charge in [0.05, 0.1) is 25.0 Å². The fourth-order valence-electron chi connectivity index (χ4n) is 3.86. The molecule has 4 heteroatoms. The zero-order valence-corrected chi connectivity index (χ0v) is 19.1. The molecule has 1 aliphatic carbocycles. The second-order valence-electron chi connectivity index (χ2n) is 8.46. The van der Waals surface area contributed by atoms with Crippen molar-refractivity contribution in [3.05, 3.63) is 12.2 Å². The first-order chi connectivity index (χ1) is 14.1. The average molecular weight is 409 g/mol. The normalized spacial score (nSPS) is 18.8. The highest BCUT2D eigenvalue weighted by Crippen LogP contribution is 2.28. The van der Waals surface area contributed by atoms with E-state index in [2.05, 4.69) is 20.8 Å². The molecule has 0 bridgehead atoms. The monoisotopic (exact) mass is 408 g/mol. The summed E-state index contributed by atoms with van der Waals surface area (Å²) in [7, 11) is 0. The van der Waals surface area contributed by atoms with E-state index in [1.54, 1.807) is 0 Å². The van der Waals surface area contributed by atoms with Crippen LogP contribution in [0.5, 0.6) is 0 Å². The maximum atomic E-state index is 12.5. The van der Waals surface area contributed by atoms with Crippen LogP contribution in [0.2, 0.25) is 0 Å². The van der Waals surface area contributed by atoms with Crippen LogP contribution in [0.4, 0.5) is 0 Å². The maximum Gasteiger partial charge on any atom is 0.310 e. The van der Waals surface area contributed by atoms with E-state index < -0.39 is 11.8 Å². The Balaban J connectivity index is 2.25. The lowest BCUT2D eigenvalue weighted by Crippen LogP contribution is -2.34. The molecule has 0 spiro atoms. The number of hydrogen-bond donors (Lipinski definition) is 0. The molecule has 0 heterocycles. The zero-order valence-electron chi connectivity index (χ0n) is 19.1. The molecule has 0 aliphatic heterocycles. The topological polar surface area (TPSA) is 52.6 Å². The Morgan fingerprint density at radius 3 is 1.76 bits per heavy atom. The van der Waals surface area contributed by atoms with Gasteiger partial charge >= 0.3 is 11.9 Å². The standard InChI is InChI=1S/C25H44O4/c1-4-7-8-9-10-11-12-13-16-19-28-24(26)22-17-14-15-18-23(22)25(27)29-20-21(5-2)6-3/h14-15,21-23H,4-13,16-20H2,1-3H3. The van der Waals surface area contributed by atoms with Gasteiger partial charge in [0.2, 0.25) is 0 Å². The van der Waals surface area contributed by atoms with E-state index in [0.29, 0.717) is 32.0 Å². The molecule has 168 valence electrons. The molecule has 0 radical (unpaired) electrons. The third kappa shape index (κ3) is 10.9. The summed E-state index contributed by atoms with van der Waals surface area (Å²) >= 11 is 0. The molecule has 0 saturated carbocycles. The van der Waals surface area contributed by atoms with E-state index >= 15 is 0 Å². The Hall–Kier alpha value is -1.32. The second kappa shape index (κ2) is 16.5. The second-order valence-corrected chi connectivity index (χ2v) is 8.46. The smallest absolute Gasteiger partial charge is 0.310 e. The van der Waals surface area contributed by atoms with Gasteiger partial charge in [-0.2, -0.15) is 0 Å². The Labute approximate surface area is 178 Å². The zero-order chi connectivity index (χ0) is 21.3. The van der Waals surface area contributed by atoms with Gasteiger partial charge in [-0.05, 0) is 25.2 Å². The van der Waals surface area contributed by atoms with Crippen molar-refractivity contribution >= 4 is 11.9 Å². The third-order valence-corrected chi connectivity index (χ3v) is 6.15. The molecule has 1 aliphatic rings. The Morgan fingerprint density at radius 1 is 0.759 bits per heavy atom. The fraction of sp³-hybridized carbons (Fsp3) is 0.840. The van der Waals surface area contributed by atoms with E-state index in [4.69, 9.17) is 9.47 Å². The summed E-state index contributed by atoms with van der Waals surface area (Å²) in [6.45, 7) is 7.37. The molecule has 2 unspecified atom stereocenters. The van der Waals surface area contributed by atoms with Crippen molar-refractivity contribution in [2.75, 3.05) is 13.2 Å². The Bertz CT molecular complexity index is 467. The minimum Gasteiger partial charge on any atom is -0.465 e. The molecular weight excluding hydrogens is 364 g/mol. The molecule has 0 amide bonds. The summed E-state index contributed by atoms with van der Waals surface area (Å²) in [6.07, 6.45) is 18.2. The molecule has 0 fully saturated rings. The van der Waals surface area contributed by atoms with E-state index in [0.717, 1.165) is 25.7 Å². The van der Waals surface area contributed by atoms with Gasteiger partial charge in [-0.25, -0.2) is 0 Å². The Morgan fingerprint density at radius 2 is 1.24 bits per heavy atom. The SMILES string of the molecule is CCCCCCCCCCCOC(=O)C1CC=CCC1C(=O)OCC(CC)CC. The van der Waals surface area contributed by atoms with Crippen LogP contribution in [0.15, 0.2) is 12.2 Å². The summed E-state index contributed by atoms with van der Waals surface area (Å²) in [6, 6.07) is 0. The number of allylic oxidation sites excluding steroid dienone is 2. The van der Waals surface area contributed by atoms with Crippen LogP contribution in [0, 0.1) is 17.8 Å². The predicted molar refractivity (Wildman–Crippen MR) is 119 cm³/mol. The van der Waals surface area contributed by atoms with E-state index in [1.165, 1.54) is 44.9 Å². The number of esters is 2. The van der Waals surface area contributed by atoms with Crippen molar-refractivity contribution in [2.24, 2.45) is 17.8 Å². The number of carbonyl (C=O) groups excluding carboxylic acids is 2.